The van der Waals surface area contributed by atoms with Gasteiger partial charge in [0.2, 0.25) is 0 Å². The Morgan fingerprint density at radius 3 is 2.94 bits per heavy atom. The number of hydrogen-bond acceptors (Lipinski definition) is 4. The number of halogens is 1. The summed E-state index contributed by atoms with van der Waals surface area (Å²) in [5.74, 6) is 0. The molecule has 1 aromatic heterocycles. The van der Waals surface area contributed by atoms with Crippen molar-refractivity contribution in [3.8, 4) is 0 Å². The third-order valence-corrected chi connectivity index (χ3v) is 4.12. The van der Waals surface area contributed by atoms with Gasteiger partial charge in [-0.15, -0.1) is 5.10 Å². The molecule has 0 spiro atoms. The van der Waals surface area contributed by atoms with Crippen LogP contribution in [0.15, 0.2) is 37.5 Å². The Balaban J connectivity index is 2.35. The zero-order chi connectivity index (χ0) is 13.1. The SMILES string of the molecule is Cn1c(Sc2cc(Br)ccc2CCN)n[nH]c1=O. The molecule has 0 aliphatic heterocycles. The molecule has 0 aliphatic carbocycles. The zero-order valence-electron chi connectivity index (χ0n) is 9.81. The van der Waals surface area contributed by atoms with Crippen molar-refractivity contribution < 1.29 is 0 Å². The van der Waals surface area contributed by atoms with Gasteiger partial charge in [-0.25, -0.2) is 9.89 Å². The second kappa shape index (κ2) is 5.73. The summed E-state index contributed by atoms with van der Waals surface area (Å²) in [6.45, 7) is 0.592. The molecule has 0 atom stereocenters. The molecule has 1 heterocycles. The Morgan fingerprint density at radius 1 is 1.56 bits per heavy atom. The van der Waals surface area contributed by atoms with Crippen molar-refractivity contribution in [3.63, 3.8) is 0 Å². The van der Waals surface area contributed by atoms with Crippen molar-refractivity contribution in [1.29, 1.82) is 0 Å². The fourth-order valence-corrected chi connectivity index (χ4v) is 3.02. The molecule has 96 valence electrons. The van der Waals surface area contributed by atoms with Crippen LogP contribution in [-0.2, 0) is 13.5 Å². The molecule has 2 rings (SSSR count). The number of benzene rings is 1. The van der Waals surface area contributed by atoms with E-state index in [0.29, 0.717) is 11.7 Å². The highest BCUT2D eigenvalue weighted by Gasteiger charge is 2.10. The highest BCUT2D eigenvalue weighted by molar-refractivity contribution is 9.10. The average molecular weight is 329 g/mol. The van der Waals surface area contributed by atoms with Crippen LogP contribution < -0.4 is 11.4 Å². The van der Waals surface area contributed by atoms with E-state index in [-0.39, 0.29) is 5.69 Å². The molecular formula is C11H13BrN4OS. The van der Waals surface area contributed by atoms with Gasteiger partial charge in [-0.3, -0.25) is 4.57 Å². The molecule has 3 N–H and O–H groups in total. The minimum Gasteiger partial charge on any atom is -0.330 e. The third kappa shape index (κ3) is 2.85. The lowest BCUT2D eigenvalue weighted by molar-refractivity contribution is 0.765. The number of nitrogens with two attached hydrogens (primary N) is 1. The number of hydrogen-bond donors (Lipinski definition) is 2. The van der Waals surface area contributed by atoms with Gasteiger partial charge >= 0.3 is 5.69 Å². The van der Waals surface area contributed by atoms with Gasteiger partial charge in [-0.2, -0.15) is 0 Å². The Hall–Kier alpha value is -1.05. The number of nitrogens with zero attached hydrogens (tertiary/aromatic N) is 2. The van der Waals surface area contributed by atoms with Gasteiger partial charge in [0, 0.05) is 16.4 Å². The summed E-state index contributed by atoms with van der Waals surface area (Å²) in [6.07, 6.45) is 0.800. The minimum atomic E-state index is -0.215. The summed E-state index contributed by atoms with van der Waals surface area (Å²) < 4.78 is 2.48. The van der Waals surface area contributed by atoms with E-state index in [4.69, 9.17) is 5.73 Å². The normalized spacial score (nSPS) is 10.8. The molecule has 0 unspecified atom stereocenters. The van der Waals surface area contributed by atoms with Crippen LogP contribution >= 0.6 is 27.7 Å². The predicted molar refractivity (Wildman–Crippen MR) is 74.9 cm³/mol. The quantitative estimate of drug-likeness (QED) is 0.892. The summed E-state index contributed by atoms with van der Waals surface area (Å²) in [5, 5.41) is 7.04. The topological polar surface area (TPSA) is 76.7 Å². The first-order chi connectivity index (χ1) is 8.61. The van der Waals surface area contributed by atoms with Crippen molar-refractivity contribution >= 4 is 27.7 Å². The molecule has 0 radical (unpaired) electrons. The van der Waals surface area contributed by atoms with Crippen LogP contribution in [0.3, 0.4) is 0 Å². The molecule has 0 aliphatic rings. The van der Waals surface area contributed by atoms with E-state index in [1.54, 1.807) is 7.05 Å². The van der Waals surface area contributed by atoms with Crippen LogP contribution in [0.25, 0.3) is 0 Å². The average Bonchev–Trinajstić information content (AvgIpc) is 2.65. The molecule has 5 nitrogen and oxygen atoms in total. The van der Waals surface area contributed by atoms with Crippen molar-refractivity contribution in [2.45, 2.75) is 16.5 Å². The fraction of sp³-hybridized carbons (Fsp3) is 0.273. The summed E-state index contributed by atoms with van der Waals surface area (Å²) in [6, 6.07) is 6.03. The number of aromatic nitrogens is 3. The molecule has 0 fully saturated rings. The third-order valence-electron chi connectivity index (χ3n) is 2.48. The second-order valence-electron chi connectivity index (χ2n) is 3.76. The highest BCUT2D eigenvalue weighted by atomic mass is 79.9. The van der Waals surface area contributed by atoms with E-state index in [9.17, 15) is 4.79 Å². The zero-order valence-corrected chi connectivity index (χ0v) is 12.2. The molecule has 0 saturated carbocycles. The van der Waals surface area contributed by atoms with E-state index < -0.39 is 0 Å². The maximum absolute atomic E-state index is 11.3. The van der Waals surface area contributed by atoms with Crippen molar-refractivity contribution in [2.24, 2.45) is 12.8 Å². The first-order valence-corrected chi connectivity index (χ1v) is 7.00. The first-order valence-electron chi connectivity index (χ1n) is 5.39. The molecule has 18 heavy (non-hydrogen) atoms. The number of aromatic amines is 1. The second-order valence-corrected chi connectivity index (χ2v) is 5.69. The molecule has 1 aromatic carbocycles. The van der Waals surface area contributed by atoms with Gasteiger partial charge in [0.1, 0.15) is 0 Å². The summed E-state index contributed by atoms with van der Waals surface area (Å²) in [5.41, 5.74) is 6.54. The lowest BCUT2D eigenvalue weighted by Crippen LogP contribution is -2.12. The van der Waals surface area contributed by atoms with Crippen LogP contribution in [0.5, 0.6) is 0 Å². The van der Waals surface area contributed by atoms with E-state index in [1.165, 1.54) is 16.3 Å². The maximum atomic E-state index is 11.3. The van der Waals surface area contributed by atoms with Crippen LogP contribution in [0.1, 0.15) is 5.56 Å². The van der Waals surface area contributed by atoms with E-state index in [1.807, 2.05) is 18.2 Å². The molecule has 0 amide bonds. The lowest BCUT2D eigenvalue weighted by Gasteiger charge is -2.08. The van der Waals surface area contributed by atoms with Gasteiger partial charge < -0.3 is 5.73 Å². The Kier molecular flexibility index (Phi) is 4.26. The first kappa shape index (κ1) is 13.4. The van der Waals surface area contributed by atoms with Crippen LogP contribution in [0.2, 0.25) is 0 Å². The molecular weight excluding hydrogens is 316 g/mol. The van der Waals surface area contributed by atoms with E-state index in [0.717, 1.165) is 21.4 Å². The minimum absolute atomic E-state index is 0.215. The Labute approximate surface area is 117 Å². The summed E-state index contributed by atoms with van der Waals surface area (Å²) in [7, 11) is 1.69. The molecule has 0 bridgehead atoms. The maximum Gasteiger partial charge on any atom is 0.343 e. The van der Waals surface area contributed by atoms with Gasteiger partial charge in [0.25, 0.3) is 0 Å². The standard InChI is InChI=1S/C11H13BrN4OS/c1-16-10(17)14-15-11(16)18-9-6-8(12)3-2-7(9)4-5-13/h2-3,6H,4-5,13H2,1H3,(H,14,17). The monoisotopic (exact) mass is 328 g/mol. The van der Waals surface area contributed by atoms with Crippen molar-refractivity contribution in [1.82, 2.24) is 14.8 Å². The van der Waals surface area contributed by atoms with Crippen LogP contribution in [0, 0.1) is 0 Å². The predicted octanol–water partition coefficient (Wildman–Crippen LogP) is 1.52. The van der Waals surface area contributed by atoms with Gasteiger partial charge in [-0.1, -0.05) is 22.0 Å². The number of nitrogens with one attached hydrogen (secondary N) is 1. The summed E-state index contributed by atoms with van der Waals surface area (Å²) in [4.78, 5) is 12.4. The van der Waals surface area contributed by atoms with E-state index in [2.05, 4.69) is 26.1 Å². The van der Waals surface area contributed by atoms with E-state index >= 15 is 0 Å². The van der Waals surface area contributed by atoms with Gasteiger partial charge in [0.15, 0.2) is 5.16 Å². The largest absolute Gasteiger partial charge is 0.343 e. The van der Waals surface area contributed by atoms with Crippen molar-refractivity contribution in [2.75, 3.05) is 6.54 Å². The molecule has 7 heteroatoms. The smallest absolute Gasteiger partial charge is 0.330 e. The van der Waals surface area contributed by atoms with Gasteiger partial charge in [0.05, 0.1) is 0 Å². The molecule has 0 saturated heterocycles. The van der Waals surface area contributed by atoms with Gasteiger partial charge in [-0.05, 0) is 42.4 Å². The Morgan fingerprint density at radius 2 is 2.33 bits per heavy atom. The lowest BCUT2D eigenvalue weighted by atomic mass is 10.1. The number of H-pyrrole nitrogens is 1. The van der Waals surface area contributed by atoms with Crippen LogP contribution in [-0.4, -0.2) is 21.3 Å². The summed E-state index contributed by atoms with van der Waals surface area (Å²) >= 11 is 4.89. The Bertz CT molecular complexity index is 607. The molecule has 2 aromatic rings. The van der Waals surface area contributed by atoms with Crippen LogP contribution in [0.4, 0.5) is 0 Å². The van der Waals surface area contributed by atoms with Crippen molar-refractivity contribution in [3.05, 3.63) is 38.7 Å². The highest BCUT2D eigenvalue weighted by Crippen LogP contribution is 2.30. The number of rotatable bonds is 4. The fourth-order valence-electron chi connectivity index (χ4n) is 1.51.